The topological polar surface area (TPSA) is 38.9 Å². The lowest BCUT2D eigenvalue weighted by Gasteiger charge is -1.84. The van der Waals surface area contributed by atoms with Crippen molar-refractivity contribution in [1.82, 2.24) is 6.15 Å². The lowest BCUT2D eigenvalue weighted by molar-refractivity contribution is -0.693. The molecule has 0 atom stereocenters. The molecule has 2 nitrogen and oxygen atoms in total. The molecule has 2 heteroatoms. The molecule has 3 N–H and O–H groups in total. The molecular weight excluding hydrogens is 112 g/mol. The van der Waals surface area contributed by atoms with Crippen molar-refractivity contribution in [1.29, 1.82) is 0 Å². The van der Waals surface area contributed by atoms with E-state index in [1.807, 2.05) is 18.2 Å². The lowest BCUT2D eigenvalue weighted by Crippen LogP contribution is -2.30. The average Bonchev–Trinajstić information content (AvgIpc) is 1.90. The van der Waals surface area contributed by atoms with Crippen molar-refractivity contribution in [3.8, 4) is 0 Å². The highest BCUT2D eigenvalue weighted by molar-refractivity contribution is 4.83. The standard InChI is InChI=1S/C7H10N.H3N/c1-2-8-6-4-3-5-7-8;/h3-7H,2H2,1H3;1H3/q+1;. The first kappa shape index (κ1) is 8.11. The molecule has 0 aliphatic carbocycles. The van der Waals surface area contributed by atoms with E-state index in [2.05, 4.69) is 23.9 Å². The second kappa shape index (κ2) is 4.04. The van der Waals surface area contributed by atoms with Gasteiger partial charge in [-0.05, 0) is 6.92 Å². The van der Waals surface area contributed by atoms with Crippen molar-refractivity contribution in [2.24, 2.45) is 0 Å². The SMILES string of the molecule is CC[n+]1ccccc1.N. The minimum atomic E-state index is 0. The summed E-state index contributed by atoms with van der Waals surface area (Å²) in [5.41, 5.74) is 0. The smallest absolute Gasteiger partial charge is 0.168 e. The van der Waals surface area contributed by atoms with Crippen LogP contribution >= 0.6 is 0 Å². The number of nitrogens with zero attached hydrogens (tertiary/aromatic N) is 1. The van der Waals surface area contributed by atoms with E-state index in [1.165, 1.54) is 0 Å². The number of hydrogen-bond donors (Lipinski definition) is 1. The van der Waals surface area contributed by atoms with Crippen molar-refractivity contribution >= 4 is 0 Å². The summed E-state index contributed by atoms with van der Waals surface area (Å²) in [6.07, 6.45) is 4.11. The van der Waals surface area contributed by atoms with Crippen molar-refractivity contribution in [3.05, 3.63) is 30.6 Å². The fourth-order valence-corrected chi connectivity index (χ4v) is 0.645. The maximum absolute atomic E-state index is 2.12. The van der Waals surface area contributed by atoms with Crippen molar-refractivity contribution in [3.63, 3.8) is 0 Å². The molecule has 0 saturated heterocycles. The van der Waals surface area contributed by atoms with E-state index < -0.39 is 0 Å². The molecule has 0 unspecified atom stereocenters. The van der Waals surface area contributed by atoms with Gasteiger partial charge in [-0.25, -0.2) is 4.57 Å². The molecule has 0 aliphatic heterocycles. The Balaban J connectivity index is 0.000000640. The zero-order chi connectivity index (χ0) is 5.82. The zero-order valence-electron chi connectivity index (χ0n) is 5.75. The van der Waals surface area contributed by atoms with Gasteiger partial charge in [0.25, 0.3) is 0 Å². The summed E-state index contributed by atoms with van der Waals surface area (Å²) in [7, 11) is 0. The van der Waals surface area contributed by atoms with Gasteiger partial charge in [0, 0.05) is 12.1 Å². The minimum Gasteiger partial charge on any atom is -0.344 e. The van der Waals surface area contributed by atoms with Gasteiger partial charge >= 0.3 is 0 Å². The number of hydrogen-bond acceptors (Lipinski definition) is 1. The first-order valence-corrected chi connectivity index (χ1v) is 2.87. The summed E-state index contributed by atoms with van der Waals surface area (Å²) >= 11 is 0. The predicted octanol–water partition coefficient (Wildman–Crippen LogP) is 1.16. The highest BCUT2D eigenvalue weighted by Crippen LogP contribution is 1.74. The van der Waals surface area contributed by atoms with E-state index in [4.69, 9.17) is 0 Å². The van der Waals surface area contributed by atoms with Gasteiger partial charge in [0.15, 0.2) is 12.4 Å². The van der Waals surface area contributed by atoms with Crippen molar-refractivity contribution < 1.29 is 4.57 Å². The van der Waals surface area contributed by atoms with Gasteiger partial charge < -0.3 is 6.15 Å². The van der Waals surface area contributed by atoms with Crippen LogP contribution in [0.1, 0.15) is 6.92 Å². The third-order valence-electron chi connectivity index (χ3n) is 1.14. The van der Waals surface area contributed by atoms with Crippen LogP contribution in [0.4, 0.5) is 0 Å². The molecule has 0 aromatic carbocycles. The Hall–Kier alpha value is -0.890. The molecular formula is C7H13N2+. The number of aryl methyl sites for hydroxylation is 1. The first-order valence-electron chi connectivity index (χ1n) is 2.87. The summed E-state index contributed by atoms with van der Waals surface area (Å²) in [5.74, 6) is 0. The predicted molar refractivity (Wildman–Crippen MR) is 37.3 cm³/mol. The largest absolute Gasteiger partial charge is 0.344 e. The molecule has 9 heavy (non-hydrogen) atoms. The van der Waals surface area contributed by atoms with Crippen LogP contribution in [0.25, 0.3) is 0 Å². The minimum absolute atomic E-state index is 0. The molecule has 1 rings (SSSR count). The van der Waals surface area contributed by atoms with Gasteiger partial charge in [-0.15, -0.1) is 0 Å². The monoisotopic (exact) mass is 125 g/mol. The van der Waals surface area contributed by atoms with Gasteiger partial charge in [-0.3, -0.25) is 0 Å². The maximum atomic E-state index is 2.12. The zero-order valence-corrected chi connectivity index (χ0v) is 5.75. The quantitative estimate of drug-likeness (QED) is 0.562. The van der Waals surface area contributed by atoms with Crippen LogP contribution in [-0.2, 0) is 6.54 Å². The Bertz CT molecular complexity index is 148. The summed E-state index contributed by atoms with van der Waals surface area (Å²) in [4.78, 5) is 0. The van der Waals surface area contributed by atoms with Gasteiger partial charge in [-0.2, -0.15) is 0 Å². The van der Waals surface area contributed by atoms with Crippen LogP contribution in [0.15, 0.2) is 30.6 Å². The highest BCUT2D eigenvalue weighted by Gasteiger charge is 1.86. The Morgan fingerprint density at radius 1 is 1.11 bits per heavy atom. The van der Waals surface area contributed by atoms with Gasteiger partial charge in [-0.1, -0.05) is 6.07 Å². The second-order valence-electron chi connectivity index (χ2n) is 1.71. The fourth-order valence-electron chi connectivity index (χ4n) is 0.645. The molecule has 0 aliphatic rings. The fraction of sp³-hybridized carbons (Fsp3) is 0.286. The molecule has 50 valence electrons. The van der Waals surface area contributed by atoms with Crippen LogP contribution in [0.5, 0.6) is 0 Å². The van der Waals surface area contributed by atoms with Gasteiger partial charge in [0.05, 0.1) is 0 Å². The Morgan fingerprint density at radius 2 is 1.67 bits per heavy atom. The molecule has 0 radical (unpaired) electrons. The van der Waals surface area contributed by atoms with E-state index in [0.29, 0.717) is 0 Å². The van der Waals surface area contributed by atoms with Crippen LogP contribution in [0, 0.1) is 0 Å². The summed E-state index contributed by atoms with van der Waals surface area (Å²) in [6.45, 7) is 3.18. The highest BCUT2D eigenvalue weighted by atomic mass is 14.9. The molecule has 0 spiro atoms. The van der Waals surface area contributed by atoms with Gasteiger partial charge in [0.1, 0.15) is 6.54 Å². The average molecular weight is 125 g/mol. The number of pyridine rings is 1. The van der Waals surface area contributed by atoms with Crippen molar-refractivity contribution in [2.75, 3.05) is 0 Å². The Morgan fingerprint density at radius 3 is 2.00 bits per heavy atom. The summed E-state index contributed by atoms with van der Waals surface area (Å²) < 4.78 is 2.12. The third-order valence-corrected chi connectivity index (χ3v) is 1.14. The first-order chi connectivity index (χ1) is 3.93. The number of aromatic nitrogens is 1. The summed E-state index contributed by atoms with van der Waals surface area (Å²) in [6, 6.07) is 6.08. The van der Waals surface area contributed by atoms with E-state index in [9.17, 15) is 0 Å². The molecule has 0 fully saturated rings. The molecule has 0 amide bonds. The molecule has 1 aromatic rings. The van der Waals surface area contributed by atoms with Crippen LogP contribution in [0.3, 0.4) is 0 Å². The molecule has 1 aromatic heterocycles. The normalized spacial score (nSPS) is 8.11. The van der Waals surface area contributed by atoms with Crippen molar-refractivity contribution in [2.45, 2.75) is 13.5 Å². The summed E-state index contributed by atoms with van der Waals surface area (Å²) in [5, 5.41) is 0. The maximum Gasteiger partial charge on any atom is 0.168 e. The third kappa shape index (κ3) is 2.24. The van der Waals surface area contributed by atoms with E-state index >= 15 is 0 Å². The molecule has 0 bridgehead atoms. The lowest BCUT2D eigenvalue weighted by atomic mass is 10.5. The Kier molecular flexibility index (Phi) is 3.64. The molecule has 0 saturated carbocycles. The van der Waals surface area contributed by atoms with E-state index in [0.717, 1.165) is 6.54 Å². The van der Waals surface area contributed by atoms with Crippen LogP contribution in [0.2, 0.25) is 0 Å². The van der Waals surface area contributed by atoms with E-state index in [-0.39, 0.29) is 6.15 Å². The van der Waals surface area contributed by atoms with E-state index in [1.54, 1.807) is 0 Å². The van der Waals surface area contributed by atoms with Gasteiger partial charge in [0.2, 0.25) is 0 Å². The van der Waals surface area contributed by atoms with Crippen LogP contribution < -0.4 is 10.7 Å². The Labute approximate surface area is 55.7 Å². The molecule has 1 heterocycles. The van der Waals surface area contributed by atoms with Crippen LogP contribution in [-0.4, -0.2) is 0 Å². The second-order valence-corrected chi connectivity index (χ2v) is 1.71. The number of rotatable bonds is 1.